The number of alkyl halides is 4. The third-order valence-electron chi connectivity index (χ3n) is 3.74. The van der Waals surface area contributed by atoms with E-state index in [-0.39, 0.29) is 21.2 Å². The highest BCUT2D eigenvalue weighted by atomic mass is 79.9. The van der Waals surface area contributed by atoms with E-state index in [0.717, 1.165) is 12.1 Å². The topological polar surface area (TPSA) is 17.1 Å². The molecule has 0 aliphatic heterocycles. The van der Waals surface area contributed by atoms with Crippen molar-refractivity contribution < 1.29 is 18.0 Å². The maximum atomic E-state index is 13.0. The highest BCUT2D eigenvalue weighted by Crippen LogP contribution is 2.38. The van der Waals surface area contributed by atoms with Gasteiger partial charge in [-0.15, -0.1) is 0 Å². The SMILES string of the molecule is O=C(CBr)c1cc2ccc(C(F)(F)F)cc2c2cc(Cl)c(Cl)cc12. The molecule has 0 heterocycles. The summed E-state index contributed by atoms with van der Waals surface area (Å²) < 4.78 is 39.0. The molecule has 1 nitrogen and oxygen atoms in total. The molecule has 0 aliphatic carbocycles. The fourth-order valence-electron chi connectivity index (χ4n) is 2.62. The molecule has 0 radical (unpaired) electrons. The number of ketones is 1. The Bertz CT molecular complexity index is 983. The first kappa shape index (κ1) is 17.5. The van der Waals surface area contributed by atoms with Crippen LogP contribution in [-0.4, -0.2) is 11.1 Å². The normalized spacial score (nSPS) is 12.1. The molecule has 3 rings (SSSR count). The Balaban J connectivity index is 2.48. The van der Waals surface area contributed by atoms with Crippen molar-refractivity contribution in [1.29, 1.82) is 0 Å². The van der Waals surface area contributed by atoms with Crippen molar-refractivity contribution in [3.63, 3.8) is 0 Å². The van der Waals surface area contributed by atoms with Gasteiger partial charge in [0.1, 0.15) is 0 Å². The molecule has 24 heavy (non-hydrogen) atoms. The number of carbonyl (C=O) groups excluding carboxylic acids is 1. The van der Waals surface area contributed by atoms with Crippen molar-refractivity contribution >= 4 is 66.5 Å². The van der Waals surface area contributed by atoms with Crippen LogP contribution < -0.4 is 0 Å². The minimum atomic E-state index is -4.46. The van der Waals surface area contributed by atoms with Gasteiger partial charge < -0.3 is 0 Å². The molecule has 0 aliphatic rings. The number of hydrogen-bond donors (Lipinski definition) is 0. The third kappa shape index (κ3) is 3.01. The van der Waals surface area contributed by atoms with E-state index >= 15 is 0 Å². The van der Waals surface area contributed by atoms with Crippen LogP contribution in [0.4, 0.5) is 13.2 Å². The molecular formula is C17H8BrCl2F3O. The van der Waals surface area contributed by atoms with E-state index in [1.165, 1.54) is 18.2 Å². The molecule has 0 aromatic heterocycles. The Hall–Kier alpha value is -1.30. The van der Waals surface area contributed by atoms with Gasteiger partial charge in [-0.3, -0.25) is 4.79 Å². The first-order valence-electron chi connectivity index (χ1n) is 6.74. The van der Waals surface area contributed by atoms with Crippen LogP contribution >= 0.6 is 39.1 Å². The van der Waals surface area contributed by atoms with Gasteiger partial charge in [0, 0.05) is 5.56 Å². The number of rotatable bonds is 2. The molecule has 0 saturated heterocycles. The van der Waals surface area contributed by atoms with E-state index in [1.807, 2.05) is 0 Å². The lowest BCUT2D eigenvalue weighted by atomic mass is 9.94. The summed E-state index contributed by atoms with van der Waals surface area (Å²) in [7, 11) is 0. The van der Waals surface area contributed by atoms with Crippen molar-refractivity contribution in [2.75, 3.05) is 5.33 Å². The fourth-order valence-corrected chi connectivity index (χ4v) is 3.25. The summed E-state index contributed by atoms with van der Waals surface area (Å²) in [6.07, 6.45) is -4.46. The molecule has 3 aromatic rings. The average molecular weight is 436 g/mol. The molecule has 0 bridgehead atoms. The van der Waals surface area contributed by atoms with E-state index in [1.54, 1.807) is 6.07 Å². The maximum Gasteiger partial charge on any atom is 0.416 e. The first-order chi connectivity index (χ1) is 11.2. The Morgan fingerprint density at radius 1 is 0.958 bits per heavy atom. The van der Waals surface area contributed by atoms with Crippen molar-refractivity contribution in [2.45, 2.75) is 6.18 Å². The Labute approximate surface area is 153 Å². The third-order valence-corrected chi connectivity index (χ3v) is 4.97. The standard InChI is InChI=1S/C17H8BrCl2F3O/c18-7-16(24)13-3-8-1-2-9(17(21,22)23)4-10(8)11-5-14(19)15(20)6-12(11)13/h1-6H,7H2. The largest absolute Gasteiger partial charge is 0.416 e. The number of hydrogen-bond acceptors (Lipinski definition) is 1. The van der Waals surface area contributed by atoms with Crippen molar-refractivity contribution in [3.8, 4) is 0 Å². The lowest BCUT2D eigenvalue weighted by Crippen LogP contribution is -2.05. The second-order valence-electron chi connectivity index (χ2n) is 5.23. The van der Waals surface area contributed by atoms with E-state index in [9.17, 15) is 18.0 Å². The molecule has 0 saturated carbocycles. The summed E-state index contributed by atoms with van der Waals surface area (Å²) >= 11 is 15.2. The smallest absolute Gasteiger partial charge is 0.293 e. The molecule has 0 unspecified atom stereocenters. The van der Waals surface area contributed by atoms with Gasteiger partial charge in [0.05, 0.1) is 20.9 Å². The minimum Gasteiger partial charge on any atom is -0.293 e. The Morgan fingerprint density at radius 3 is 2.17 bits per heavy atom. The molecule has 0 amide bonds. The molecule has 0 atom stereocenters. The monoisotopic (exact) mass is 434 g/mol. The van der Waals surface area contributed by atoms with Crippen LogP contribution in [0.15, 0.2) is 36.4 Å². The van der Waals surface area contributed by atoms with Crippen LogP contribution in [0.2, 0.25) is 10.0 Å². The average Bonchev–Trinajstić information content (AvgIpc) is 2.53. The summed E-state index contributed by atoms with van der Waals surface area (Å²) in [6, 6.07) is 7.98. The van der Waals surface area contributed by atoms with Gasteiger partial charge in [0.15, 0.2) is 5.78 Å². The highest BCUT2D eigenvalue weighted by Gasteiger charge is 2.30. The summed E-state index contributed by atoms with van der Waals surface area (Å²) in [6.45, 7) is 0. The van der Waals surface area contributed by atoms with Gasteiger partial charge in [-0.05, 0) is 51.9 Å². The highest BCUT2D eigenvalue weighted by molar-refractivity contribution is 9.09. The molecule has 7 heteroatoms. The van der Waals surface area contributed by atoms with Gasteiger partial charge in [0.25, 0.3) is 0 Å². The van der Waals surface area contributed by atoms with Crippen LogP contribution in [0.5, 0.6) is 0 Å². The van der Waals surface area contributed by atoms with Crippen LogP contribution in [0.3, 0.4) is 0 Å². The summed E-state index contributed by atoms with van der Waals surface area (Å²) in [4.78, 5) is 12.2. The van der Waals surface area contributed by atoms with E-state index in [4.69, 9.17) is 23.2 Å². The molecule has 0 spiro atoms. The lowest BCUT2D eigenvalue weighted by Gasteiger charge is -2.13. The molecule has 0 fully saturated rings. The van der Waals surface area contributed by atoms with Crippen LogP contribution in [0.25, 0.3) is 21.5 Å². The number of benzene rings is 3. The number of Topliss-reactive ketones (excluding diaryl/α,β-unsaturated/α-hetero) is 1. The molecule has 124 valence electrons. The molecule has 3 aromatic carbocycles. The maximum absolute atomic E-state index is 13.0. The van der Waals surface area contributed by atoms with Crippen molar-refractivity contribution in [3.05, 3.63) is 57.6 Å². The quantitative estimate of drug-likeness (QED) is 0.243. The van der Waals surface area contributed by atoms with E-state index in [2.05, 4.69) is 15.9 Å². The van der Waals surface area contributed by atoms with E-state index < -0.39 is 11.7 Å². The van der Waals surface area contributed by atoms with Crippen LogP contribution in [-0.2, 0) is 6.18 Å². The van der Waals surface area contributed by atoms with Crippen molar-refractivity contribution in [2.24, 2.45) is 0 Å². The minimum absolute atomic E-state index is 0.0918. The van der Waals surface area contributed by atoms with Gasteiger partial charge in [-0.1, -0.05) is 45.2 Å². The predicted molar refractivity (Wildman–Crippen MR) is 94.6 cm³/mol. The second-order valence-corrected chi connectivity index (χ2v) is 6.60. The summed E-state index contributed by atoms with van der Waals surface area (Å²) in [5, 5.41) is 2.36. The van der Waals surface area contributed by atoms with E-state index in [0.29, 0.717) is 27.1 Å². The summed E-state index contributed by atoms with van der Waals surface area (Å²) in [5.74, 6) is -0.194. The number of fused-ring (bicyclic) bond motifs is 3. The number of carbonyl (C=O) groups is 1. The zero-order valence-corrected chi connectivity index (χ0v) is 14.9. The molecular weight excluding hydrogens is 428 g/mol. The first-order valence-corrected chi connectivity index (χ1v) is 8.62. The fraction of sp³-hybridized carbons (Fsp3) is 0.118. The lowest BCUT2D eigenvalue weighted by molar-refractivity contribution is -0.137. The van der Waals surface area contributed by atoms with Crippen molar-refractivity contribution in [1.82, 2.24) is 0 Å². The molecule has 0 N–H and O–H groups in total. The zero-order chi connectivity index (χ0) is 17.6. The Kier molecular flexibility index (Phi) is 4.53. The van der Waals surface area contributed by atoms with Gasteiger partial charge in [-0.25, -0.2) is 0 Å². The summed E-state index contributed by atoms with van der Waals surface area (Å²) in [5.41, 5.74) is -0.380. The predicted octanol–water partition coefficient (Wildman–Crippen LogP) is 6.90. The zero-order valence-electron chi connectivity index (χ0n) is 11.8. The van der Waals surface area contributed by atoms with Gasteiger partial charge in [0.2, 0.25) is 0 Å². The van der Waals surface area contributed by atoms with Crippen LogP contribution in [0, 0.1) is 0 Å². The van der Waals surface area contributed by atoms with Gasteiger partial charge >= 0.3 is 6.18 Å². The van der Waals surface area contributed by atoms with Gasteiger partial charge in [-0.2, -0.15) is 13.2 Å². The second kappa shape index (κ2) is 6.21. The number of halogens is 6. The Morgan fingerprint density at radius 2 is 1.58 bits per heavy atom. The van der Waals surface area contributed by atoms with Crippen LogP contribution in [0.1, 0.15) is 15.9 Å².